The second kappa shape index (κ2) is 15.9. The molecule has 0 spiro atoms. The SMILES string of the molecule is CCOC(Cc1ccc(OCCN(CCCOc2ccccc2)C(=O)Nc2ccccc2OC)cc1)C(=O)O. The average molecular weight is 537 g/mol. The van der Waals surface area contributed by atoms with Crippen LogP contribution >= 0.6 is 0 Å². The van der Waals surface area contributed by atoms with Gasteiger partial charge in [0.25, 0.3) is 0 Å². The largest absolute Gasteiger partial charge is 0.495 e. The summed E-state index contributed by atoms with van der Waals surface area (Å²) in [6.45, 7) is 3.64. The van der Waals surface area contributed by atoms with Crippen molar-refractivity contribution < 1.29 is 33.6 Å². The first-order chi connectivity index (χ1) is 19.0. The number of carbonyl (C=O) groups excluding carboxylic acids is 1. The van der Waals surface area contributed by atoms with Crippen LogP contribution in [0, 0.1) is 0 Å². The maximum atomic E-state index is 13.1. The zero-order valence-corrected chi connectivity index (χ0v) is 22.4. The van der Waals surface area contributed by atoms with Crippen LogP contribution in [0.5, 0.6) is 17.2 Å². The zero-order valence-electron chi connectivity index (χ0n) is 22.4. The first-order valence-corrected chi connectivity index (χ1v) is 12.9. The van der Waals surface area contributed by atoms with Crippen molar-refractivity contribution in [3.05, 3.63) is 84.4 Å². The van der Waals surface area contributed by atoms with Crippen molar-refractivity contribution in [2.45, 2.75) is 25.9 Å². The number of carboxylic acids is 1. The Morgan fingerprint density at radius 1 is 0.872 bits per heavy atom. The first-order valence-electron chi connectivity index (χ1n) is 12.9. The minimum Gasteiger partial charge on any atom is -0.495 e. The third kappa shape index (κ3) is 9.86. The Bertz CT molecular complexity index is 1160. The number of ether oxygens (including phenoxy) is 4. The minimum absolute atomic E-state index is 0.269. The second-order valence-corrected chi connectivity index (χ2v) is 8.61. The standard InChI is InChI=1S/C30H36N2O7/c1-3-37-28(29(33)34)22-23-14-16-25(17-15-23)39-21-19-32(18-9-20-38-24-10-5-4-6-11-24)30(35)31-26-12-7-8-13-27(26)36-2/h4-8,10-17,28H,3,9,18-22H2,1-2H3,(H,31,35)(H,33,34). The molecule has 0 bridgehead atoms. The van der Waals surface area contributed by atoms with E-state index in [-0.39, 0.29) is 19.1 Å². The van der Waals surface area contributed by atoms with E-state index in [9.17, 15) is 14.7 Å². The lowest BCUT2D eigenvalue weighted by Gasteiger charge is -2.24. The third-order valence-electron chi connectivity index (χ3n) is 5.84. The van der Waals surface area contributed by atoms with Gasteiger partial charge in [0.05, 0.1) is 25.9 Å². The van der Waals surface area contributed by atoms with Gasteiger partial charge in [0.1, 0.15) is 23.9 Å². The number of benzene rings is 3. The van der Waals surface area contributed by atoms with Gasteiger partial charge in [-0.2, -0.15) is 0 Å². The van der Waals surface area contributed by atoms with Gasteiger partial charge in [-0.1, -0.05) is 42.5 Å². The van der Waals surface area contributed by atoms with Crippen LogP contribution < -0.4 is 19.5 Å². The molecule has 2 N–H and O–H groups in total. The van der Waals surface area contributed by atoms with Crippen molar-refractivity contribution in [3.63, 3.8) is 0 Å². The Balaban J connectivity index is 1.56. The molecule has 39 heavy (non-hydrogen) atoms. The van der Waals surface area contributed by atoms with Crippen LogP contribution in [-0.2, 0) is 16.0 Å². The number of hydrogen-bond donors (Lipinski definition) is 2. The summed E-state index contributed by atoms with van der Waals surface area (Å²) in [5.74, 6) is 0.992. The van der Waals surface area contributed by atoms with Crippen LogP contribution in [0.4, 0.5) is 10.5 Å². The molecule has 0 radical (unpaired) electrons. The highest BCUT2D eigenvalue weighted by Gasteiger charge is 2.18. The normalized spacial score (nSPS) is 11.3. The zero-order chi connectivity index (χ0) is 27.9. The molecule has 0 aliphatic rings. The molecular weight excluding hydrogens is 500 g/mol. The number of rotatable bonds is 16. The fraction of sp³-hybridized carbons (Fsp3) is 0.333. The van der Waals surface area contributed by atoms with Gasteiger partial charge in [-0.25, -0.2) is 9.59 Å². The van der Waals surface area contributed by atoms with Gasteiger partial charge < -0.3 is 34.3 Å². The van der Waals surface area contributed by atoms with E-state index in [4.69, 9.17) is 18.9 Å². The highest BCUT2D eigenvalue weighted by Crippen LogP contribution is 2.23. The number of para-hydroxylation sites is 3. The summed E-state index contributed by atoms with van der Waals surface area (Å²) in [6, 6.07) is 23.7. The Morgan fingerprint density at radius 2 is 1.54 bits per heavy atom. The molecule has 3 rings (SSSR count). The van der Waals surface area contributed by atoms with Crippen LogP contribution in [-0.4, -0.2) is 68.1 Å². The number of hydrogen-bond acceptors (Lipinski definition) is 6. The molecule has 0 saturated carbocycles. The quantitative estimate of drug-likeness (QED) is 0.245. The maximum absolute atomic E-state index is 13.1. The van der Waals surface area contributed by atoms with E-state index in [1.807, 2.05) is 54.6 Å². The lowest BCUT2D eigenvalue weighted by Crippen LogP contribution is -2.39. The first kappa shape index (κ1) is 29.3. The Kier molecular flexibility index (Phi) is 11.9. The number of amides is 2. The van der Waals surface area contributed by atoms with Crippen LogP contribution in [0.15, 0.2) is 78.9 Å². The van der Waals surface area contributed by atoms with Crippen LogP contribution in [0.1, 0.15) is 18.9 Å². The highest BCUT2D eigenvalue weighted by molar-refractivity contribution is 5.91. The van der Waals surface area contributed by atoms with Crippen molar-refractivity contribution in [1.82, 2.24) is 4.90 Å². The molecule has 0 aliphatic heterocycles. The second-order valence-electron chi connectivity index (χ2n) is 8.61. The molecule has 1 unspecified atom stereocenters. The number of nitrogens with zero attached hydrogens (tertiary/aromatic N) is 1. The number of carbonyl (C=O) groups is 2. The molecule has 1 atom stereocenters. The molecule has 0 saturated heterocycles. The topological polar surface area (TPSA) is 107 Å². The summed E-state index contributed by atoms with van der Waals surface area (Å²) in [6.07, 6.45) is 0.0155. The van der Waals surface area contributed by atoms with Gasteiger partial charge in [-0.3, -0.25) is 0 Å². The van der Waals surface area contributed by atoms with Crippen LogP contribution in [0.25, 0.3) is 0 Å². The van der Waals surface area contributed by atoms with Gasteiger partial charge in [-0.05, 0) is 55.3 Å². The van der Waals surface area contributed by atoms with E-state index >= 15 is 0 Å². The fourth-order valence-electron chi connectivity index (χ4n) is 3.85. The molecule has 3 aromatic carbocycles. The molecule has 3 aromatic rings. The number of carboxylic acid groups (broad SMARTS) is 1. The summed E-state index contributed by atoms with van der Waals surface area (Å²) in [5.41, 5.74) is 1.41. The summed E-state index contributed by atoms with van der Waals surface area (Å²) >= 11 is 0. The van der Waals surface area contributed by atoms with Gasteiger partial charge in [0.15, 0.2) is 6.10 Å². The van der Waals surface area contributed by atoms with E-state index in [1.165, 1.54) is 0 Å². The van der Waals surface area contributed by atoms with E-state index in [0.717, 1.165) is 11.3 Å². The van der Waals surface area contributed by atoms with Crippen molar-refractivity contribution in [1.29, 1.82) is 0 Å². The number of anilines is 1. The van der Waals surface area contributed by atoms with Crippen molar-refractivity contribution >= 4 is 17.7 Å². The highest BCUT2D eigenvalue weighted by atomic mass is 16.5. The number of aliphatic carboxylic acids is 1. The summed E-state index contributed by atoms with van der Waals surface area (Å²) in [5, 5.41) is 12.2. The Hall–Kier alpha value is -4.24. The molecular formula is C30H36N2O7. The lowest BCUT2D eigenvalue weighted by atomic mass is 10.1. The van der Waals surface area contributed by atoms with Crippen LogP contribution in [0.3, 0.4) is 0 Å². The number of methoxy groups -OCH3 is 1. The van der Waals surface area contributed by atoms with Crippen molar-refractivity contribution in [3.8, 4) is 17.2 Å². The molecule has 9 heteroatoms. The van der Waals surface area contributed by atoms with E-state index in [0.29, 0.717) is 49.9 Å². The third-order valence-corrected chi connectivity index (χ3v) is 5.84. The number of nitrogens with one attached hydrogen (secondary N) is 1. The monoisotopic (exact) mass is 536 g/mol. The lowest BCUT2D eigenvalue weighted by molar-refractivity contribution is -0.149. The smallest absolute Gasteiger partial charge is 0.333 e. The van der Waals surface area contributed by atoms with E-state index < -0.39 is 12.1 Å². The van der Waals surface area contributed by atoms with Gasteiger partial charge in [0, 0.05) is 19.6 Å². The average Bonchev–Trinajstić information content (AvgIpc) is 2.95. The van der Waals surface area contributed by atoms with Gasteiger partial charge >= 0.3 is 12.0 Å². The molecule has 0 aromatic heterocycles. The predicted octanol–water partition coefficient (Wildman–Crippen LogP) is 5.11. The van der Waals surface area contributed by atoms with Crippen molar-refractivity contribution in [2.24, 2.45) is 0 Å². The Labute approximate surface area is 229 Å². The molecule has 208 valence electrons. The maximum Gasteiger partial charge on any atom is 0.333 e. The summed E-state index contributed by atoms with van der Waals surface area (Å²) in [7, 11) is 1.56. The summed E-state index contributed by atoms with van der Waals surface area (Å²) < 4.78 is 22.3. The van der Waals surface area contributed by atoms with Gasteiger partial charge in [0.2, 0.25) is 0 Å². The predicted molar refractivity (Wildman–Crippen MR) is 149 cm³/mol. The molecule has 0 fully saturated rings. The van der Waals surface area contributed by atoms with E-state index in [1.54, 1.807) is 43.2 Å². The molecule has 2 amide bonds. The minimum atomic E-state index is -0.988. The molecule has 0 heterocycles. The fourth-order valence-corrected chi connectivity index (χ4v) is 3.85. The number of urea groups is 1. The van der Waals surface area contributed by atoms with Gasteiger partial charge in [-0.15, -0.1) is 0 Å². The molecule has 0 aliphatic carbocycles. The molecule has 9 nitrogen and oxygen atoms in total. The van der Waals surface area contributed by atoms with Crippen molar-refractivity contribution in [2.75, 3.05) is 45.3 Å². The Morgan fingerprint density at radius 3 is 2.23 bits per heavy atom. The summed E-state index contributed by atoms with van der Waals surface area (Å²) in [4.78, 5) is 26.2. The van der Waals surface area contributed by atoms with E-state index in [2.05, 4.69) is 5.32 Å². The van der Waals surface area contributed by atoms with Crippen LogP contribution in [0.2, 0.25) is 0 Å².